The molecule has 0 aliphatic rings. The predicted octanol–water partition coefficient (Wildman–Crippen LogP) is 2.66. The molecule has 0 heterocycles. The van der Waals surface area contributed by atoms with E-state index >= 15 is 0 Å². The highest BCUT2D eigenvalue weighted by Gasteiger charge is 2.42. The number of hydrogen-bond acceptors (Lipinski definition) is 1. The van der Waals surface area contributed by atoms with E-state index in [9.17, 15) is 18.0 Å². The standard InChI is InChI=1S/C8H4ClF3O2/c9-6-3-4(10)1-2-5(6)8(11,12)7(13)14/h1-3H,(H,13,14). The first-order valence-electron chi connectivity index (χ1n) is 3.42. The topological polar surface area (TPSA) is 37.3 Å². The van der Waals surface area contributed by atoms with Crippen molar-refractivity contribution in [2.75, 3.05) is 0 Å². The fourth-order valence-corrected chi connectivity index (χ4v) is 1.15. The minimum absolute atomic E-state index is 0.614. The Balaban J connectivity index is 3.26. The molecule has 1 aromatic carbocycles. The summed E-state index contributed by atoms with van der Waals surface area (Å²) >= 11 is 5.27. The number of aliphatic carboxylic acids is 1. The quantitative estimate of drug-likeness (QED) is 0.839. The van der Waals surface area contributed by atoms with E-state index in [0.29, 0.717) is 12.1 Å². The Bertz CT molecular complexity index is 379. The van der Waals surface area contributed by atoms with Crippen LogP contribution in [0.15, 0.2) is 18.2 Å². The van der Waals surface area contributed by atoms with Gasteiger partial charge in [0.05, 0.1) is 10.6 Å². The molecular formula is C8H4ClF3O2. The molecule has 0 amide bonds. The maximum absolute atomic E-state index is 12.9. The highest BCUT2D eigenvalue weighted by molar-refractivity contribution is 6.31. The van der Waals surface area contributed by atoms with Crippen LogP contribution in [0.1, 0.15) is 5.56 Å². The van der Waals surface area contributed by atoms with Gasteiger partial charge in [-0.3, -0.25) is 0 Å². The minimum Gasteiger partial charge on any atom is -0.477 e. The summed E-state index contributed by atoms with van der Waals surface area (Å²) in [5.74, 6) is -7.24. The first-order chi connectivity index (χ1) is 6.35. The van der Waals surface area contributed by atoms with Crippen LogP contribution < -0.4 is 0 Å². The Labute approximate surface area is 81.9 Å². The maximum atomic E-state index is 12.9. The van der Waals surface area contributed by atoms with Gasteiger partial charge in [0.15, 0.2) is 0 Å². The van der Waals surface area contributed by atoms with E-state index in [1.165, 1.54) is 0 Å². The highest BCUT2D eigenvalue weighted by atomic mass is 35.5. The van der Waals surface area contributed by atoms with E-state index in [0.717, 1.165) is 6.07 Å². The number of carbonyl (C=O) groups is 1. The number of hydrogen-bond donors (Lipinski definition) is 1. The lowest BCUT2D eigenvalue weighted by Crippen LogP contribution is -2.25. The van der Waals surface area contributed by atoms with Crippen molar-refractivity contribution in [3.05, 3.63) is 34.6 Å². The molecule has 0 saturated heterocycles. The van der Waals surface area contributed by atoms with Crippen molar-refractivity contribution in [2.45, 2.75) is 5.92 Å². The van der Waals surface area contributed by atoms with Gasteiger partial charge in [-0.1, -0.05) is 11.6 Å². The predicted molar refractivity (Wildman–Crippen MR) is 42.9 cm³/mol. The molecule has 1 rings (SSSR count). The van der Waals surface area contributed by atoms with E-state index < -0.39 is 28.3 Å². The Hall–Kier alpha value is -1.23. The molecule has 0 saturated carbocycles. The van der Waals surface area contributed by atoms with Gasteiger partial charge in [0.25, 0.3) is 0 Å². The second kappa shape index (κ2) is 3.49. The SMILES string of the molecule is O=C(O)C(F)(F)c1ccc(F)cc1Cl. The normalized spacial score (nSPS) is 11.4. The third-order valence-electron chi connectivity index (χ3n) is 1.54. The van der Waals surface area contributed by atoms with Crippen molar-refractivity contribution >= 4 is 17.6 Å². The molecule has 6 heteroatoms. The number of benzene rings is 1. The molecule has 1 N–H and O–H groups in total. The van der Waals surface area contributed by atoms with E-state index in [-0.39, 0.29) is 0 Å². The fourth-order valence-electron chi connectivity index (χ4n) is 0.859. The molecule has 2 nitrogen and oxygen atoms in total. The largest absolute Gasteiger partial charge is 0.477 e. The van der Waals surface area contributed by atoms with Crippen molar-refractivity contribution in [1.29, 1.82) is 0 Å². The third kappa shape index (κ3) is 1.82. The second-order valence-electron chi connectivity index (χ2n) is 2.50. The van der Waals surface area contributed by atoms with Crippen LogP contribution in [0.2, 0.25) is 5.02 Å². The van der Waals surface area contributed by atoms with Crippen LogP contribution in [-0.4, -0.2) is 11.1 Å². The van der Waals surface area contributed by atoms with Gasteiger partial charge < -0.3 is 5.11 Å². The summed E-state index contributed by atoms with van der Waals surface area (Å²) in [7, 11) is 0. The van der Waals surface area contributed by atoms with Gasteiger partial charge in [0.2, 0.25) is 0 Å². The number of carboxylic acid groups (broad SMARTS) is 1. The lowest BCUT2D eigenvalue weighted by molar-refractivity contribution is -0.166. The average molecular weight is 225 g/mol. The molecule has 0 atom stereocenters. The van der Waals surface area contributed by atoms with Crippen LogP contribution in [0, 0.1) is 5.82 Å². The molecule has 76 valence electrons. The first kappa shape index (κ1) is 10.8. The number of halogens is 4. The highest BCUT2D eigenvalue weighted by Crippen LogP contribution is 2.33. The van der Waals surface area contributed by atoms with E-state index in [4.69, 9.17) is 16.7 Å². The third-order valence-corrected chi connectivity index (χ3v) is 1.85. The number of rotatable bonds is 2. The smallest absolute Gasteiger partial charge is 0.379 e. The summed E-state index contributed by atoms with van der Waals surface area (Å²) < 4.78 is 38.2. The van der Waals surface area contributed by atoms with Crippen molar-refractivity contribution in [1.82, 2.24) is 0 Å². The Kier molecular flexibility index (Phi) is 2.71. The summed E-state index contributed by atoms with van der Waals surface area (Å²) in [6.07, 6.45) is 0. The fraction of sp³-hybridized carbons (Fsp3) is 0.125. The Morgan fingerprint density at radius 2 is 2.00 bits per heavy atom. The van der Waals surface area contributed by atoms with Crippen LogP contribution in [0.5, 0.6) is 0 Å². The molecular weight excluding hydrogens is 221 g/mol. The molecule has 0 unspecified atom stereocenters. The van der Waals surface area contributed by atoms with Gasteiger partial charge in [-0.15, -0.1) is 0 Å². The summed E-state index contributed by atoms with van der Waals surface area (Å²) in [6, 6.07) is 2.00. The second-order valence-corrected chi connectivity index (χ2v) is 2.91. The van der Waals surface area contributed by atoms with Gasteiger partial charge in [0, 0.05) is 0 Å². The number of alkyl halides is 2. The van der Waals surface area contributed by atoms with Crippen molar-refractivity contribution < 1.29 is 23.1 Å². The van der Waals surface area contributed by atoms with Gasteiger partial charge >= 0.3 is 11.9 Å². The van der Waals surface area contributed by atoms with E-state index in [2.05, 4.69) is 0 Å². The van der Waals surface area contributed by atoms with Crippen LogP contribution in [0.25, 0.3) is 0 Å². The Morgan fingerprint density at radius 1 is 1.43 bits per heavy atom. The zero-order valence-corrected chi connectivity index (χ0v) is 7.36. The van der Waals surface area contributed by atoms with Crippen molar-refractivity contribution in [2.24, 2.45) is 0 Å². The molecule has 0 aromatic heterocycles. The molecule has 0 radical (unpaired) electrons. The first-order valence-corrected chi connectivity index (χ1v) is 3.80. The lowest BCUT2D eigenvalue weighted by atomic mass is 10.1. The van der Waals surface area contributed by atoms with E-state index in [1.807, 2.05) is 0 Å². The van der Waals surface area contributed by atoms with Crippen LogP contribution in [0.4, 0.5) is 13.2 Å². The zero-order valence-electron chi connectivity index (χ0n) is 6.60. The van der Waals surface area contributed by atoms with E-state index in [1.54, 1.807) is 0 Å². The van der Waals surface area contributed by atoms with Crippen LogP contribution >= 0.6 is 11.6 Å². The molecule has 0 spiro atoms. The zero-order chi connectivity index (χ0) is 10.9. The van der Waals surface area contributed by atoms with Gasteiger partial charge in [-0.25, -0.2) is 9.18 Å². The molecule has 0 aliphatic carbocycles. The molecule has 14 heavy (non-hydrogen) atoms. The lowest BCUT2D eigenvalue weighted by Gasteiger charge is -2.12. The Morgan fingerprint density at radius 3 is 2.43 bits per heavy atom. The summed E-state index contributed by atoms with van der Waals surface area (Å²) in [5, 5.41) is 7.57. The van der Waals surface area contributed by atoms with Gasteiger partial charge in [-0.2, -0.15) is 8.78 Å². The maximum Gasteiger partial charge on any atom is 0.379 e. The molecule has 0 aliphatic heterocycles. The van der Waals surface area contributed by atoms with Gasteiger partial charge in [0.1, 0.15) is 5.82 Å². The van der Waals surface area contributed by atoms with Crippen LogP contribution in [0.3, 0.4) is 0 Å². The average Bonchev–Trinajstić information content (AvgIpc) is 2.02. The molecule has 0 bridgehead atoms. The van der Waals surface area contributed by atoms with Crippen LogP contribution in [-0.2, 0) is 10.7 Å². The summed E-state index contributed by atoms with van der Waals surface area (Å²) in [4.78, 5) is 10.2. The van der Waals surface area contributed by atoms with Crippen molar-refractivity contribution in [3.63, 3.8) is 0 Å². The summed E-state index contributed by atoms with van der Waals surface area (Å²) in [6.45, 7) is 0. The summed E-state index contributed by atoms with van der Waals surface area (Å²) in [5.41, 5.74) is -0.923. The molecule has 1 aromatic rings. The monoisotopic (exact) mass is 224 g/mol. The van der Waals surface area contributed by atoms with Gasteiger partial charge in [-0.05, 0) is 18.2 Å². The minimum atomic E-state index is -4.11. The van der Waals surface area contributed by atoms with Crippen molar-refractivity contribution in [3.8, 4) is 0 Å². The molecule has 0 fully saturated rings. The number of carboxylic acids is 1.